The predicted molar refractivity (Wildman–Crippen MR) is 174 cm³/mol. The average Bonchev–Trinajstić information content (AvgIpc) is 3.86. The summed E-state index contributed by atoms with van der Waals surface area (Å²) in [6.07, 6.45) is 8.30. The maximum atomic E-state index is 14.3. The van der Waals surface area contributed by atoms with Crippen LogP contribution in [0.25, 0.3) is 17.1 Å². The summed E-state index contributed by atoms with van der Waals surface area (Å²) in [7, 11) is 4.84. The highest BCUT2D eigenvalue weighted by Gasteiger charge is 2.34. The number of anilines is 1. The van der Waals surface area contributed by atoms with Crippen molar-refractivity contribution in [3.8, 4) is 22.9 Å². The monoisotopic (exact) mass is 612 g/mol. The van der Waals surface area contributed by atoms with E-state index in [0.29, 0.717) is 57.3 Å². The zero-order valence-corrected chi connectivity index (χ0v) is 26.4. The van der Waals surface area contributed by atoms with Crippen LogP contribution in [0, 0.1) is 5.21 Å². The number of quaternary nitrogens is 1. The van der Waals surface area contributed by atoms with Gasteiger partial charge in [0.25, 0.3) is 5.91 Å². The van der Waals surface area contributed by atoms with Gasteiger partial charge in [-0.2, -0.15) is 0 Å². The van der Waals surface area contributed by atoms with E-state index in [1.54, 1.807) is 69.7 Å². The van der Waals surface area contributed by atoms with Crippen molar-refractivity contribution in [3.63, 3.8) is 0 Å². The van der Waals surface area contributed by atoms with E-state index in [4.69, 9.17) is 15.2 Å². The van der Waals surface area contributed by atoms with Crippen LogP contribution < -0.4 is 36.6 Å². The molecule has 5 rings (SSSR count). The number of likely N-dealkylation sites (N-methyl/N-ethyl adjacent to an activating group) is 2. The van der Waals surface area contributed by atoms with Crippen molar-refractivity contribution < 1.29 is 18.9 Å². The van der Waals surface area contributed by atoms with Gasteiger partial charge in [-0.3, -0.25) is 9.36 Å². The molecule has 1 unspecified atom stereocenters. The first-order valence-electron chi connectivity index (χ1n) is 15.1. The molecule has 0 radical (unpaired) electrons. The van der Waals surface area contributed by atoms with Crippen LogP contribution in [0.4, 0.5) is 5.69 Å². The number of carbonyl (C=O) groups is 1. The molecule has 2 aromatic carbocycles. The molecule has 236 valence electrons. The number of benzene rings is 2. The van der Waals surface area contributed by atoms with E-state index in [0.717, 1.165) is 25.7 Å². The molecular weight excluding hydrogens is 572 g/mol. The number of unbranched alkanes of at least 4 members (excludes halogenated alkanes) is 1. The fourth-order valence-corrected chi connectivity index (χ4v) is 5.22. The summed E-state index contributed by atoms with van der Waals surface area (Å²) in [5.41, 5.74) is 12.1. The first-order chi connectivity index (χ1) is 21.6. The first-order valence-corrected chi connectivity index (χ1v) is 15.1. The number of aromatic nitrogens is 2. The molecule has 1 fully saturated rings. The minimum Gasteiger partial charge on any atom is -0.633 e. The number of ether oxygens (including phenoxy) is 2. The lowest BCUT2D eigenvalue weighted by atomic mass is 10.2. The van der Waals surface area contributed by atoms with Gasteiger partial charge < -0.3 is 30.0 Å². The van der Waals surface area contributed by atoms with Gasteiger partial charge in [0.1, 0.15) is 5.35 Å². The molecule has 0 bridgehead atoms. The minimum absolute atomic E-state index is 0.114. The molecule has 1 amide bonds. The zero-order chi connectivity index (χ0) is 32.3. The highest BCUT2D eigenvalue weighted by Crippen LogP contribution is 2.31. The van der Waals surface area contributed by atoms with Gasteiger partial charge in [0.2, 0.25) is 0 Å². The Kier molecular flexibility index (Phi) is 9.15. The minimum atomic E-state index is -0.407. The van der Waals surface area contributed by atoms with Crippen LogP contribution in [-0.4, -0.2) is 60.1 Å². The molecule has 0 spiro atoms. The Bertz CT molecular complexity index is 1890. The smallest absolute Gasteiger partial charge is 0.339 e. The summed E-state index contributed by atoms with van der Waals surface area (Å²) < 4.78 is 14.1. The lowest BCUT2D eigenvalue weighted by Gasteiger charge is -2.38. The zero-order valence-electron chi connectivity index (χ0n) is 26.4. The van der Waals surface area contributed by atoms with Gasteiger partial charge in [0.15, 0.2) is 17.0 Å². The Balaban J connectivity index is 1.57. The van der Waals surface area contributed by atoms with Crippen molar-refractivity contribution in [1.82, 2.24) is 9.13 Å². The Morgan fingerprint density at radius 1 is 1.20 bits per heavy atom. The molecular formula is C34H40N6O5. The van der Waals surface area contributed by atoms with E-state index < -0.39 is 5.69 Å². The number of nitrogens with two attached hydrogens (primary N) is 1. The molecule has 1 aromatic heterocycles. The summed E-state index contributed by atoms with van der Waals surface area (Å²) in [6, 6.07) is 12.5. The summed E-state index contributed by atoms with van der Waals surface area (Å²) >= 11 is 0. The van der Waals surface area contributed by atoms with Gasteiger partial charge >= 0.3 is 5.69 Å². The van der Waals surface area contributed by atoms with E-state index in [1.165, 1.54) is 26.3 Å². The second kappa shape index (κ2) is 13.0. The number of nitrogens with zero attached hydrogens (tertiary/aromatic N) is 5. The van der Waals surface area contributed by atoms with Crippen molar-refractivity contribution in [3.05, 3.63) is 98.6 Å². The highest BCUT2D eigenvalue weighted by molar-refractivity contribution is 6.01. The van der Waals surface area contributed by atoms with Crippen molar-refractivity contribution in [2.24, 2.45) is 10.7 Å². The number of carbonyl (C=O) groups excluding carboxylic acids is 1. The van der Waals surface area contributed by atoms with E-state index in [1.807, 2.05) is 6.92 Å². The first kappa shape index (κ1) is 31.6. The number of hydrogen-bond donors (Lipinski definition) is 1. The standard InChI is InChI=1S/C34H40N6O5/c1-6-7-20-45-28-16-13-26(22-29(28)44-5)38-32-31(35)23(2)17-18-36-33(32)39(34(38)42)25-11-8-10-24(21-25)37(3)30(41)12-9-19-40(4,43)27-14-15-27/h8-13,16,18,21-22,27H,6-7,14-15,19-20,35H2,1-5H3/b12-9+. The Labute approximate surface area is 262 Å². The van der Waals surface area contributed by atoms with Crippen molar-refractivity contribution >= 4 is 17.3 Å². The van der Waals surface area contributed by atoms with Gasteiger partial charge in [0.05, 0.1) is 56.6 Å². The largest absolute Gasteiger partial charge is 0.633 e. The van der Waals surface area contributed by atoms with E-state index in [9.17, 15) is 14.8 Å². The molecule has 2 heterocycles. The molecule has 1 aliphatic heterocycles. The van der Waals surface area contributed by atoms with Gasteiger partial charge in [-0.05, 0) is 49.8 Å². The predicted octanol–water partition coefficient (Wildman–Crippen LogP) is 3.20. The Hall–Kier alpha value is -4.83. The summed E-state index contributed by atoms with van der Waals surface area (Å²) in [5.74, 6) is 0.772. The maximum Gasteiger partial charge on any atom is 0.339 e. The third-order valence-electron chi connectivity index (χ3n) is 8.17. The summed E-state index contributed by atoms with van der Waals surface area (Å²) in [6.45, 7) is 4.68. The van der Waals surface area contributed by atoms with Crippen LogP contribution in [0.5, 0.6) is 11.5 Å². The third kappa shape index (κ3) is 6.51. The molecule has 0 saturated heterocycles. The van der Waals surface area contributed by atoms with Crippen molar-refractivity contribution in [1.29, 1.82) is 0 Å². The second-order valence-electron chi connectivity index (χ2n) is 11.5. The number of imidazole rings is 1. The number of rotatable bonds is 12. The quantitative estimate of drug-likeness (QED) is 0.110. The molecule has 2 N–H and O–H groups in total. The van der Waals surface area contributed by atoms with Crippen LogP contribution in [0.3, 0.4) is 0 Å². The van der Waals surface area contributed by atoms with Crippen LogP contribution in [0.1, 0.15) is 39.5 Å². The Morgan fingerprint density at radius 2 is 1.96 bits per heavy atom. The van der Waals surface area contributed by atoms with E-state index in [-0.39, 0.29) is 23.1 Å². The number of methoxy groups -OCH3 is 1. The number of hydroxylamine groups is 3. The fraction of sp³-hybridized carbons (Fsp3) is 0.353. The van der Waals surface area contributed by atoms with E-state index >= 15 is 0 Å². The van der Waals surface area contributed by atoms with Gasteiger partial charge in [-0.15, -0.1) is 0 Å². The van der Waals surface area contributed by atoms with Crippen LogP contribution >= 0.6 is 0 Å². The lowest BCUT2D eigenvalue weighted by Crippen LogP contribution is -2.40. The lowest BCUT2D eigenvalue weighted by molar-refractivity contribution is -0.865. The van der Waals surface area contributed by atoms with Gasteiger partial charge in [0, 0.05) is 43.3 Å². The molecule has 3 aromatic rings. The molecule has 1 atom stereocenters. The van der Waals surface area contributed by atoms with Crippen molar-refractivity contribution in [2.75, 3.05) is 39.3 Å². The maximum absolute atomic E-state index is 14.3. The average molecular weight is 613 g/mol. The number of hydrogen-bond acceptors (Lipinski definition) is 7. The normalized spacial score (nSPS) is 15.6. The third-order valence-corrected chi connectivity index (χ3v) is 8.17. The summed E-state index contributed by atoms with van der Waals surface area (Å²) in [4.78, 5) is 33.4. The summed E-state index contributed by atoms with van der Waals surface area (Å²) in [5, 5.41) is 13.0. The van der Waals surface area contributed by atoms with Crippen LogP contribution in [0.2, 0.25) is 0 Å². The molecule has 11 heteroatoms. The van der Waals surface area contributed by atoms with Crippen LogP contribution in [0.15, 0.2) is 81.9 Å². The van der Waals surface area contributed by atoms with E-state index in [2.05, 4.69) is 17.6 Å². The molecule has 1 aliphatic carbocycles. The molecule has 1 saturated carbocycles. The topological polar surface area (TPSA) is 127 Å². The highest BCUT2D eigenvalue weighted by atomic mass is 16.5. The molecule has 2 aliphatic rings. The number of fused-ring (bicyclic) bond motifs is 1. The van der Waals surface area contributed by atoms with Crippen LogP contribution in [-0.2, 0) is 4.79 Å². The van der Waals surface area contributed by atoms with Gasteiger partial charge in [-0.25, -0.2) is 14.4 Å². The molecule has 45 heavy (non-hydrogen) atoms. The fourth-order valence-electron chi connectivity index (χ4n) is 5.22. The number of amides is 1. The Morgan fingerprint density at radius 3 is 2.67 bits per heavy atom. The van der Waals surface area contributed by atoms with Gasteiger partial charge in [-0.1, -0.05) is 25.1 Å². The SMILES string of the molecule is CCCCOc1ccc(-n2c3c(n(-c4cccc(N(C)C(=O)/C=C/C[N+](C)([O-])C5CC5)c4)c2=O)=NC=C=C(C)C=3N)cc1OC. The van der Waals surface area contributed by atoms with Crippen molar-refractivity contribution in [2.45, 2.75) is 45.6 Å². The molecule has 11 nitrogen and oxygen atoms in total. The second-order valence-corrected chi connectivity index (χ2v) is 11.5.